The first-order valence-electron chi connectivity index (χ1n) is 16.1. The van der Waals surface area contributed by atoms with Crippen molar-refractivity contribution in [1.82, 2.24) is 0 Å². The Labute approximate surface area is 311 Å². The molecule has 0 aliphatic carbocycles. The first-order valence-corrected chi connectivity index (χ1v) is 21.5. The quantitative estimate of drug-likeness (QED) is 0.0422. The van der Waals surface area contributed by atoms with Crippen LogP contribution in [-0.2, 0) is 50.6 Å². The summed E-state index contributed by atoms with van der Waals surface area (Å²) in [6, 6.07) is 17.0. The molecule has 18 heteroatoms. The SMILES string of the molecule is CC1(C)C(C=C/C=C2/N(CCS(=O)(=O)O)c3ccc4cc(S(=O)(=O)O)ccc4c3C2(C)C)=[N+](CCS(=O)(=O)O)c2ccc3cc(SOOO)ccc3c21. The second kappa shape index (κ2) is 13.9. The van der Waals surface area contributed by atoms with Crippen LogP contribution in [0.1, 0.15) is 38.8 Å². The van der Waals surface area contributed by atoms with E-state index in [4.69, 9.17) is 5.26 Å². The molecule has 0 amide bonds. The molecule has 2 aliphatic rings. The molecule has 0 saturated heterocycles. The van der Waals surface area contributed by atoms with Crippen molar-refractivity contribution in [2.75, 3.05) is 29.5 Å². The van der Waals surface area contributed by atoms with Crippen LogP contribution in [0.15, 0.2) is 94.4 Å². The molecular formula is C35H37N2O12S4+. The van der Waals surface area contributed by atoms with Crippen LogP contribution in [0.25, 0.3) is 21.5 Å². The third-order valence-corrected chi connectivity index (χ3v) is 12.6. The molecule has 0 radical (unpaired) electrons. The second-order valence-corrected chi connectivity index (χ2v) is 19.1. The number of allylic oxidation sites excluding steroid dienone is 4. The smallest absolute Gasteiger partial charge is 0.294 e. The molecule has 0 fully saturated rings. The maximum Gasteiger partial charge on any atom is 0.294 e. The number of hydrogen-bond acceptors (Lipinski definition) is 11. The molecule has 0 atom stereocenters. The van der Waals surface area contributed by atoms with Crippen molar-refractivity contribution in [3.8, 4) is 0 Å². The van der Waals surface area contributed by atoms with Crippen LogP contribution >= 0.6 is 12.0 Å². The standard InChI is InChI=1S/C35H36N2O12S4/c1-34(2)30(36(16-18-51(39,40)41)28-14-8-22-20-24(50-49-48-38)10-12-26(22)32(28)34)6-5-7-31-35(3,4)33-27-13-11-25(53(45,46)47)21-23(27)9-15-29(33)37(31)17-19-52(42,43)44/h5-15,20-21H,16-19H2,1-4H3,(H3-,38,39,40,41,42,43,44,45,46,47)/p+1. The fourth-order valence-electron chi connectivity index (χ4n) is 7.54. The zero-order chi connectivity index (χ0) is 38.7. The van der Waals surface area contributed by atoms with Crippen molar-refractivity contribution < 1.29 is 58.1 Å². The molecule has 4 N–H and O–H groups in total. The number of anilines is 1. The van der Waals surface area contributed by atoms with Crippen LogP contribution in [0.3, 0.4) is 0 Å². The van der Waals surface area contributed by atoms with Crippen LogP contribution in [0.2, 0.25) is 0 Å². The van der Waals surface area contributed by atoms with E-state index in [-0.39, 0.29) is 18.0 Å². The minimum absolute atomic E-state index is 0.0540. The number of hydrogen-bond donors (Lipinski definition) is 4. The van der Waals surface area contributed by atoms with Gasteiger partial charge < -0.3 is 4.90 Å². The van der Waals surface area contributed by atoms with Gasteiger partial charge in [0.15, 0.2) is 12.3 Å². The second-order valence-electron chi connectivity index (χ2n) is 13.8. The Bertz CT molecular complexity index is 2600. The summed E-state index contributed by atoms with van der Waals surface area (Å²) in [5, 5.41) is 15.3. The van der Waals surface area contributed by atoms with Gasteiger partial charge in [-0.05, 0) is 83.4 Å². The number of benzene rings is 4. The van der Waals surface area contributed by atoms with Gasteiger partial charge in [-0.2, -0.15) is 29.8 Å². The van der Waals surface area contributed by atoms with Crippen LogP contribution in [0.4, 0.5) is 11.4 Å². The van der Waals surface area contributed by atoms with Crippen molar-refractivity contribution in [2.45, 2.75) is 48.3 Å². The highest BCUT2D eigenvalue weighted by Gasteiger charge is 2.46. The van der Waals surface area contributed by atoms with E-state index in [0.29, 0.717) is 27.1 Å². The Morgan fingerprint density at radius 1 is 0.792 bits per heavy atom. The first kappa shape index (κ1) is 39.0. The fourth-order valence-corrected chi connectivity index (χ4v) is 9.29. The highest BCUT2D eigenvalue weighted by atomic mass is 32.2. The summed E-state index contributed by atoms with van der Waals surface area (Å²) in [4.78, 5) is 2.18. The topological polar surface area (TPSA) is 208 Å². The van der Waals surface area contributed by atoms with Gasteiger partial charge in [0.2, 0.25) is 5.69 Å². The predicted octanol–water partition coefficient (Wildman–Crippen LogP) is 6.06. The van der Waals surface area contributed by atoms with E-state index in [0.717, 1.165) is 45.3 Å². The lowest BCUT2D eigenvalue weighted by Crippen LogP contribution is -2.30. The van der Waals surface area contributed by atoms with E-state index in [9.17, 15) is 38.9 Å². The largest absolute Gasteiger partial charge is 0.343 e. The minimum Gasteiger partial charge on any atom is -0.343 e. The van der Waals surface area contributed by atoms with E-state index in [2.05, 4.69) is 9.37 Å². The Kier molecular flexibility index (Phi) is 10.2. The summed E-state index contributed by atoms with van der Waals surface area (Å²) >= 11 is 0.820. The number of rotatable bonds is 12. The predicted molar refractivity (Wildman–Crippen MR) is 202 cm³/mol. The zero-order valence-corrected chi connectivity index (χ0v) is 32.2. The third kappa shape index (κ3) is 7.66. The average Bonchev–Trinajstić information content (AvgIpc) is 3.42. The van der Waals surface area contributed by atoms with Gasteiger partial charge in [0.1, 0.15) is 5.75 Å². The van der Waals surface area contributed by atoms with Gasteiger partial charge in [-0.1, -0.05) is 43.2 Å². The highest BCUT2D eigenvalue weighted by Crippen LogP contribution is 2.51. The van der Waals surface area contributed by atoms with E-state index < -0.39 is 52.7 Å². The summed E-state index contributed by atoms with van der Waals surface area (Å²) in [5.74, 6) is -1.11. The highest BCUT2D eigenvalue weighted by molar-refractivity contribution is 7.94. The van der Waals surface area contributed by atoms with Crippen LogP contribution in [0, 0.1) is 0 Å². The van der Waals surface area contributed by atoms with Crippen molar-refractivity contribution in [3.63, 3.8) is 0 Å². The van der Waals surface area contributed by atoms with Crippen LogP contribution in [0.5, 0.6) is 0 Å². The molecular weight excluding hydrogens is 769 g/mol. The summed E-state index contributed by atoms with van der Waals surface area (Å²) in [6.45, 7) is 7.72. The maximum absolute atomic E-state index is 11.9. The van der Waals surface area contributed by atoms with Gasteiger partial charge in [0.25, 0.3) is 30.4 Å². The Morgan fingerprint density at radius 2 is 1.43 bits per heavy atom. The lowest BCUT2D eigenvalue weighted by Gasteiger charge is -2.26. The van der Waals surface area contributed by atoms with E-state index in [1.54, 1.807) is 35.2 Å². The molecule has 0 saturated carbocycles. The molecule has 2 aliphatic heterocycles. The maximum atomic E-state index is 11.9. The normalized spacial score (nSPS) is 17.8. The minimum atomic E-state index is -4.47. The molecule has 0 unspecified atom stereocenters. The van der Waals surface area contributed by atoms with Crippen LogP contribution in [-0.4, -0.2) is 79.1 Å². The molecule has 282 valence electrons. The number of nitrogens with zero attached hydrogens (tertiary/aromatic N) is 2. The average molecular weight is 806 g/mol. The van der Waals surface area contributed by atoms with Crippen LogP contribution < -0.4 is 4.90 Å². The molecule has 53 heavy (non-hydrogen) atoms. The Hall–Kier alpha value is -3.69. The van der Waals surface area contributed by atoms with Crippen molar-refractivity contribution in [1.29, 1.82) is 0 Å². The summed E-state index contributed by atoms with van der Waals surface area (Å²) < 4.78 is 107. The van der Waals surface area contributed by atoms with Gasteiger partial charge in [0, 0.05) is 45.9 Å². The molecule has 0 bridgehead atoms. The van der Waals surface area contributed by atoms with Gasteiger partial charge in [-0.3, -0.25) is 13.7 Å². The molecule has 2 heterocycles. The van der Waals surface area contributed by atoms with Gasteiger partial charge in [0.05, 0.1) is 28.1 Å². The molecule has 0 aromatic heterocycles. The zero-order valence-electron chi connectivity index (χ0n) is 28.9. The molecule has 4 aromatic carbocycles. The van der Waals surface area contributed by atoms with E-state index in [1.165, 1.54) is 12.1 Å². The Balaban J connectivity index is 1.48. The summed E-state index contributed by atoms with van der Waals surface area (Å²) in [7, 11) is -13.2. The fraction of sp³-hybridized carbons (Fsp3) is 0.286. The lowest BCUT2D eigenvalue weighted by molar-refractivity contribution is -0.432. The van der Waals surface area contributed by atoms with E-state index in [1.807, 2.05) is 68.7 Å². The first-order chi connectivity index (χ1) is 24.6. The van der Waals surface area contributed by atoms with Gasteiger partial charge in [-0.25, -0.2) is 5.26 Å². The van der Waals surface area contributed by atoms with Gasteiger partial charge >= 0.3 is 0 Å². The molecule has 4 aromatic rings. The Morgan fingerprint density at radius 3 is 2.09 bits per heavy atom. The monoisotopic (exact) mass is 805 g/mol. The van der Waals surface area contributed by atoms with E-state index >= 15 is 0 Å². The lowest BCUT2D eigenvalue weighted by atomic mass is 9.79. The summed E-state index contributed by atoms with van der Waals surface area (Å²) in [6.07, 6.45) is 5.45. The van der Waals surface area contributed by atoms with Crippen molar-refractivity contribution in [2.24, 2.45) is 0 Å². The summed E-state index contributed by atoms with van der Waals surface area (Å²) in [5.41, 5.74) is 3.00. The van der Waals surface area contributed by atoms with Gasteiger partial charge in [-0.15, -0.1) is 4.33 Å². The van der Waals surface area contributed by atoms with Crippen molar-refractivity contribution in [3.05, 3.63) is 95.7 Å². The van der Waals surface area contributed by atoms with Crippen molar-refractivity contribution >= 4 is 81.0 Å². The molecule has 14 nitrogen and oxygen atoms in total. The third-order valence-electron chi connectivity index (χ3n) is 9.74. The molecule has 6 rings (SSSR count). The molecule has 0 spiro atoms. The number of fused-ring (bicyclic) bond motifs is 6.